The Balaban J connectivity index is 2.90. The van der Waals surface area contributed by atoms with Gasteiger partial charge in [-0.3, -0.25) is 0 Å². The molecule has 0 aromatic rings. The summed E-state index contributed by atoms with van der Waals surface area (Å²) in [6.45, 7) is 8.84. The van der Waals surface area contributed by atoms with Crippen LogP contribution in [-0.4, -0.2) is 28.6 Å². The molecule has 0 aromatic heterocycles. The lowest BCUT2D eigenvalue weighted by Crippen LogP contribution is -2.48. The van der Waals surface area contributed by atoms with Crippen molar-refractivity contribution in [1.29, 1.82) is 0 Å². The second-order valence-corrected chi connectivity index (χ2v) is 10.6. The van der Waals surface area contributed by atoms with Crippen molar-refractivity contribution in [2.45, 2.75) is 97.8 Å². The van der Waals surface area contributed by atoms with Gasteiger partial charge in [0.2, 0.25) is 0 Å². The van der Waals surface area contributed by atoms with E-state index in [1.54, 1.807) is 0 Å². The highest BCUT2D eigenvalue weighted by Crippen LogP contribution is 2.25. The molecule has 0 bridgehead atoms. The summed E-state index contributed by atoms with van der Waals surface area (Å²) in [6, 6.07) is 0. The Hall–Kier alpha value is -0.943. The maximum Gasteiger partial charge on any atom is 0.537 e. The van der Waals surface area contributed by atoms with Crippen LogP contribution in [0.4, 0.5) is 0 Å². The zero-order chi connectivity index (χ0) is 21.8. The molecule has 0 spiro atoms. The molecule has 0 aromatic carbocycles. The van der Waals surface area contributed by atoms with E-state index in [9.17, 15) is 0 Å². The van der Waals surface area contributed by atoms with E-state index in [1.807, 2.05) is 18.2 Å². The van der Waals surface area contributed by atoms with Gasteiger partial charge in [-0.1, -0.05) is 121 Å². The number of rotatable bonds is 19. The van der Waals surface area contributed by atoms with E-state index in [1.165, 1.54) is 57.8 Å². The van der Waals surface area contributed by atoms with Crippen LogP contribution in [0.3, 0.4) is 0 Å². The third-order valence-corrected chi connectivity index (χ3v) is 8.01. The average Bonchev–Trinajstić information content (AvgIpc) is 2.72. The van der Waals surface area contributed by atoms with Crippen molar-refractivity contribution in [3.8, 4) is 0 Å². The van der Waals surface area contributed by atoms with Gasteiger partial charge in [0.1, 0.15) is 0 Å². The van der Waals surface area contributed by atoms with E-state index < -0.39 is 8.80 Å². The zero-order valence-electron chi connectivity index (χ0n) is 19.9. The maximum absolute atomic E-state index is 6.54. The molecule has 1 aliphatic rings. The minimum atomic E-state index is -2.94. The monoisotopic (exact) mass is 434 g/mol. The van der Waals surface area contributed by atoms with Crippen LogP contribution >= 0.6 is 0 Å². The first kappa shape index (κ1) is 27.1. The summed E-state index contributed by atoms with van der Waals surface area (Å²) in [5, 5.41) is 1.07. The van der Waals surface area contributed by atoms with Crippen molar-refractivity contribution in [3.63, 3.8) is 0 Å². The third kappa shape index (κ3) is 12.0. The van der Waals surface area contributed by atoms with Crippen molar-refractivity contribution in [3.05, 3.63) is 47.7 Å². The summed E-state index contributed by atoms with van der Waals surface area (Å²) in [7, 11) is -2.94. The van der Waals surface area contributed by atoms with E-state index in [2.05, 4.69) is 45.1 Å². The standard InChI is InChI=1S/C26H46O3Si/c1-4-7-10-18-23-27-30(28-24-19-11-8-5-2,29-25-20-12-9-6-3)26-21-16-14-13-15-17-22-26/h13-17,21-22H,4-12,18-20,23-25H2,1-3H3. The summed E-state index contributed by atoms with van der Waals surface area (Å²) in [5.41, 5.74) is 0. The fraction of sp³-hybridized carbons (Fsp3) is 0.692. The van der Waals surface area contributed by atoms with Gasteiger partial charge in [-0.25, -0.2) is 0 Å². The topological polar surface area (TPSA) is 27.7 Å². The van der Waals surface area contributed by atoms with Gasteiger partial charge in [0.25, 0.3) is 0 Å². The first-order valence-electron chi connectivity index (χ1n) is 12.4. The zero-order valence-corrected chi connectivity index (χ0v) is 20.9. The minimum Gasteiger partial charge on any atom is -0.370 e. The second-order valence-electron chi connectivity index (χ2n) is 8.03. The SMILES string of the molecule is CCCCCCO[Si](OCCCCCC)(OCCCCCC)C1=CC=CC=CC=C1. The Morgan fingerprint density at radius 1 is 0.533 bits per heavy atom. The molecule has 1 aliphatic carbocycles. The molecular weight excluding hydrogens is 388 g/mol. The highest BCUT2D eigenvalue weighted by Gasteiger charge is 2.44. The predicted molar refractivity (Wildman–Crippen MR) is 132 cm³/mol. The van der Waals surface area contributed by atoms with E-state index in [-0.39, 0.29) is 0 Å². The van der Waals surface area contributed by atoms with Crippen molar-refractivity contribution in [2.24, 2.45) is 0 Å². The van der Waals surface area contributed by atoms with Crippen LogP contribution in [0.5, 0.6) is 0 Å². The molecule has 0 fully saturated rings. The van der Waals surface area contributed by atoms with Crippen molar-refractivity contribution in [1.82, 2.24) is 0 Å². The fourth-order valence-electron chi connectivity index (χ4n) is 3.35. The highest BCUT2D eigenvalue weighted by molar-refractivity contribution is 6.69. The molecule has 0 heterocycles. The molecule has 0 amide bonds. The van der Waals surface area contributed by atoms with Gasteiger partial charge >= 0.3 is 8.80 Å². The van der Waals surface area contributed by atoms with Crippen LogP contribution in [-0.2, 0) is 13.3 Å². The predicted octanol–water partition coefficient (Wildman–Crippen LogP) is 7.86. The number of allylic oxidation sites excluding steroid dienone is 8. The van der Waals surface area contributed by atoms with Crippen molar-refractivity contribution >= 4 is 8.80 Å². The van der Waals surface area contributed by atoms with Gasteiger partial charge < -0.3 is 13.3 Å². The summed E-state index contributed by atoms with van der Waals surface area (Å²) in [5.74, 6) is 0. The lowest BCUT2D eigenvalue weighted by Gasteiger charge is -2.31. The Labute approximate surface area is 187 Å². The average molecular weight is 435 g/mol. The lowest BCUT2D eigenvalue weighted by molar-refractivity contribution is 0.0650. The normalized spacial score (nSPS) is 14.0. The van der Waals surface area contributed by atoms with E-state index in [0.29, 0.717) is 19.8 Å². The smallest absolute Gasteiger partial charge is 0.370 e. The minimum absolute atomic E-state index is 0.709. The van der Waals surface area contributed by atoms with E-state index >= 15 is 0 Å². The third-order valence-electron chi connectivity index (χ3n) is 5.22. The molecule has 4 heteroatoms. The molecule has 3 nitrogen and oxygen atoms in total. The number of hydrogen-bond donors (Lipinski definition) is 0. The Bertz CT molecular complexity index is 486. The maximum atomic E-state index is 6.54. The van der Waals surface area contributed by atoms with Crippen molar-refractivity contribution < 1.29 is 13.3 Å². The quantitative estimate of drug-likeness (QED) is 0.153. The molecule has 0 unspecified atom stereocenters. The summed E-state index contributed by atoms with van der Waals surface area (Å²) in [6.07, 6.45) is 28.8. The Kier molecular flexibility index (Phi) is 17.0. The fourth-order valence-corrected chi connectivity index (χ4v) is 5.94. The molecule has 172 valence electrons. The van der Waals surface area contributed by atoms with Crippen LogP contribution in [0, 0.1) is 0 Å². The van der Waals surface area contributed by atoms with Crippen LogP contribution in [0.2, 0.25) is 0 Å². The van der Waals surface area contributed by atoms with Gasteiger partial charge in [-0.15, -0.1) is 0 Å². The first-order chi connectivity index (χ1) is 14.8. The number of hydrogen-bond acceptors (Lipinski definition) is 3. The molecule has 0 N–H and O–H groups in total. The van der Waals surface area contributed by atoms with Gasteiger partial charge in [-0.05, 0) is 19.3 Å². The highest BCUT2D eigenvalue weighted by atomic mass is 28.4. The molecule has 30 heavy (non-hydrogen) atoms. The van der Waals surface area contributed by atoms with Gasteiger partial charge in [0.05, 0.1) is 0 Å². The van der Waals surface area contributed by atoms with E-state index in [0.717, 1.165) is 24.5 Å². The first-order valence-corrected chi connectivity index (χ1v) is 14.2. The van der Waals surface area contributed by atoms with Crippen LogP contribution in [0.1, 0.15) is 97.8 Å². The Morgan fingerprint density at radius 2 is 0.967 bits per heavy atom. The van der Waals surface area contributed by atoms with Crippen LogP contribution < -0.4 is 0 Å². The summed E-state index contributed by atoms with van der Waals surface area (Å²) >= 11 is 0. The molecule has 0 aliphatic heterocycles. The lowest BCUT2D eigenvalue weighted by atomic mass is 10.2. The van der Waals surface area contributed by atoms with Gasteiger partial charge in [0.15, 0.2) is 0 Å². The molecule has 0 radical (unpaired) electrons. The summed E-state index contributed by atoms with van der Waals surface area (Å²) < 4.78 is 19.6. The molecule has 0 saturated carbocycles. The van der Waals surface area contributed by atoms with Gasteiger partial charge in [-0.2, -0.15) is 0 Å². The van der Waals surface area contributed by atoms with Crippen LogP contribution in [0.15, 0.2) is 47.7 Å². The summed E-state index contributed by atoms with van der Waals surface area (Å²) in [4.78, 5) is 0. The largest absolute Gasteiger partial charge is 0.537 e. The van der Waals surface area contributed by atoms with E-state index in [4.69, 9.17) is 13.3 Å². The number of unbranched alkanes of at least 4 members (excludes halogenated alkanes) is 9. The molecule has 1 rings (SSSR count). The second kappa shape index (κ2) is 18.8. The molecular formula is C26H46O3Si. The van der Waals surface area contributed by atoms with Crippen molar-refractivity contribution in [2.75, 3.05) is 19.8 Å². The Morgan fingerprint density at radius 3 is 1.43 bits per heavy atom. The van der Waals surface area contributed by atoms with Gasteiger partial charge in [0, 0.05) is 25.0 Å². The van der Waals surface area contributed by atoms with Crippen LogP contribution in [0.25, 0.3) is 0 Å². The molecule has 0 saturated heterocycles. The molecule has 0 atom stereocenters.